The fraction of sp³-hybridized carbons (Fsp3) is 0.292. The molecule has 4 rings (SSSR count). The number of benzene rings is 2. The lowest BCUT2D eigenvalue weighted by atomic mass is 10.1. The zero-order valence-electron chi connectivity index (χ0n) is 18.2. The third-order valence-corrected chi connectivity index (χ3v) is 5.85. The van der Waals surface area contributed by atoms with Crippen LogP contribution in [-0.2, 0) is 0 Å². The van der Waals surface area contributed by atoms with E-state index in [1.54, 1.807) is 18.1 Å². The highest BCUT2D eigenvalue weighted by molar-refractivity contribution is 5.94. The van der Waals surface area contributed by atoms with Gasteiger partial charge in [-0.3, -0.25) is 9.36 Å². The number of methoxy groups -OCH3 is 1. The van der Waals surface area contributed by atoms with Crippen molar-refractivity contribution in [1.82, 2.24) is 19.8 Å². The first-order chi connectivity index (χ1) is 15.5. The Morgan fingerprint density at radius 1 is 1.28 bits per heavy atom. The molecule has 1 atom stereocenters. The first-order valence-corrected chi connectivity index (χ1v) is 10.3. The van der Waals surface area contributed by atoms with Crippen molar-refractivity contribution in [3.05, 3.63) is 71.1 Å². The minimum absolute atomic E-state index is 0.0560. The zero-order valence-corrected chi connectivity index (χ0v) is 18.2. The Morgan fingerprint density at radius 2 is 2.03 bits per heavy atom. The first-order valence-electron chi connectivity index (χ1n) is 10.3. The molecule has 0 spiro atoms. The van der Waals surface area contributed by atoms with Crippen LogP contribution in [0.3, 0.4) is 0 Å². The monoisotopic (exact) mass is 433 g/mol. The van der Waals surface area contributed by atoms with Gasteiger partial charge in [-0.05, 0) is 50.7 Å². The van der Waals surface area contributed by atoms with Gasteiger partial charge in [-0.2, -0.15) is 0 Å². The summed E-state index contributed by atoms with van der Waals surface area (Å²) in [6, 6.07) is 12.0. The fourth-order valence-electron chi connectivity index (χ4n) is 4.01. The molecule has 8 heteroatoms. The van der Waals surface area contributed by atoms with Gasteiger partial charge in [0.15, 0.2) is 0 Å². The Balaban J connectivity index is 1.83. The Hall–Kier alpha value is -3.70. The van der Waals surface area contributed by atoms with E-state index in [2.05, 4.69) is 15.1 Å². The van der Waals surface area contributed by atoms with Crippen molar-refractivity contribution in [1.29, 1.82) is 0 Å². The summed E-state index contributed by atoms with van der Waals surface area (Å²) in [5.41, 5.74) is 2.20. The van der Waals surface area contributed by atoms with Crippen molar-refractivity contribution in [3.8, 4) is 22.8 Å². The molecule has 1 N–H and O–H groups in total. The summed E-state index contributed by atoms with van der Waals surface area (Å²) in [7, 11) is 3.48. The normalized spacial score (nSPS) is 15.6. The number of likely N-dealkylation sites (N-methyl/N-ethyl adjacent to an activating group) is 1. The van der Waals surface area contributed by atoms with Crippen LogP contribution in [-0.4, -0.2) is 53.6 Å². The Morgan fingerprint density at radius 3 is 2.62 bits per heavy atom. The molecule has 1 amide bonds. The van der Waals surface area contributed by atoms with Gasteiger partial charge in [0.1, 0.15) is 23.1 Å². The van der Waals surface area contributed by atoms with Crippen LogP contribution in [0.4, 0.5) is 10.1 Å². The number of aromatic nitrogens is 2. The molecule has 0 aliphatic carbocycles. The van der Waals surface area contributed by atoms with E-state index in [-0.39, 0.29) is 17.6 Å². The maximum Gasteiger partial charge on any atom is 0.274 e. The van der Waals surface area contributed by atoms with Crippen LogP contribution in [0.1, 0.15) is 22.6 Å². The average Bonchev–Trinajstić information content (AvgIpc) is 3.43. The second-order valence-corrected chi connectivity index (χ2v) is 7.71. The molecule has 0 bridgehead atoms. The topological polar surface area (TPSA) is 63.8 Å². The quantitative estimate of drug-likeness (QED) is 0.619. The van der Waals surface area contributed by atoms with Crippen molar-refractivity contribution in [2.45, 2.75) is 19.4 Å². The molecule has 2 aromatic carbocycles. The van der Waals surface area contributed by atoms with Crippen molar-refractivity contribution in [2.75, 3.05) is 27.2 Å². The number of carbonyl (C=O) groups excluding carboxylic acids is 1. The number of halogens is 1. The molecule has 0 unspecified atom stereocenters. The van der Waals surface area contributed by atoms with E-state index in [1.807, 2.05) is 42.8 Å². The Bertz CT molecular complexity index is 1200. The molecule has 32 heavy (non-hydrogen) atoms. The van der Waals surface area contributed by atoms with Gasteiger partial charge in [0.2, 0.25) is 5.69 Å². The summed E-state index contributed by atoms with van der Waals surface area (Å²) in [6.07, 6.45) is 0.886. The minimum Gasteiger partial charge on any atom is -0.497 e. The van der Waals surface area contributed by atoms with Crippen LogP contribution in [0, 0.1) is 19.3 Å². The Labute approximate surface area is 186 Å². The van der Waals surface area contributed by atoms with E-state index in [0.717, 1.165) is 12.1 Å². The molecule has 1 fully saturated rings. The van der Waals surface area contributed by atoms with Crippen LogP contribution < -0.4 is 10.1 Å². The van der Waals surface area contributed by atoms with Crippen molar-refractivity contribution >= 4 is 11.6 Å². The number of imidazole rings is 1. The number of rotatable bonds is 5. The molecular formula is C24H24FN5O2. The lowest BCUT2D eigenvalue weighted by Gasteiger charge is -2.16. The van der Waals surface area contributed by atoms with E-state index < -0.39 is 5.82 Å². The largest absolute Gasteiger partial charge is 0.497 e. The molecule has 1 aromatic heterocycles. The molecular weight excluding hydrogens is 409 g/mol. The van der Waals surface area contributed by atoms with Crippen molar-refractivity contribution in [3.63, 3.8) is 0 Å². The summed E-state index contributed by atoms with van der Waals surface area (Å²) in [5.74, 6) is 0.374. The summed E-state index contributed by atoms with van der Waals surface area (Å²) < 4.78 is 21.5. The second kappa shape index (κ2) is 8.81. The maximum absolute atomic E-state index is 14.4. The van der Waals surface area contributed by atoms with Crippen LogP contribution in [0.2, 0.25) is 0 Å². The van der Waals surface area contributed by atoms with Gasteiger partial charge in [-0.25, -0.2) is 14.2 Å². The van der Waals surface area contributed by atoms with E-state index in [9.17, 15) is 9.18 Å². The molecule has 1 aliphatic heterocycles. The molecule has 0 saturated carbocycles. The zero-order chi connectivity index (χ0) is 22.8. The minimum atomic E-state index is -0.622. The standard InChI is InChI=1S/C24H24FN5O2/c1-15-22(24(31)29-12-11-17(14-29)26-2)28-23(16-5-10-21(27-3)20(25)13-16)30(15)18-6-8-19(32-4)9-7-18/h5-10,13,17,26H,11-12,14H2,1-2,4H3/t17-/m0/s1. The summed E-state index contributed by atoms with van der Waals surface area (Å²) >= 11 is 0. The highest BCUT2D eigenvalue weighted by atomic mass is 19.1. The van der Waals surface area contributed by atoms with Gasteiger partial charge in [0, 0.05) is 30.4 Å². The van der Waals surface area contributed by atoms with Gasteiger partial charge in [0.25, 0.3) is 5.91 Å². The van der Waals surface area contributed by atoms with Gasteiger partial charge in [0.05, 0.1) is 19.4 Å². The lowest BCUT2D eigenvalue weighted by Crippen LogP contribution is -2.34. The SMILES string of the molecule is [C-]#[N+]c1ccc(-c2nc(C(=O)N3CC[C@H](NC)C3)c(C)n2-c2ccc(OC)cc2)cc1F. The molecule has 3 aromatic rings. The van der Waals surface area contributed by atoms with Crippen LogP contribution in [0.15, 0.2) is 42.5 Å². The van der Waals surface area contributed by atoms with Crippen molar-refractivity contribution in [2.24, 2.45) is 0 Å². The smallest absolute Gasteiger partial charge is 0.274 e. The lowest BCUT2D eigenvalue weighted by molar-refractivity contribution is 0.0783. The first kappa shape index (κ1) is 21.5. The third-order valence-electron chi connectivity index (χ3n) is 5.85. The number of likely N-dealkylation sites (tertiary alicyclic amines) is 1. The molecule has 164 valence electrons. The highest BCUT2D eigenvalue weighted by Crippen LogP contribution is 2.31. The molecule has 2 heterocycles. The van der Waals surface area contributed by atoms with Gasteiger partial charge >= 0.3 is 0 Å². The summed E-state index contributed by atoms with van der Waals surface area (Å²) in [5, 5.41) is 3.21. The highest BCUT2D eigenvalue weighted by Gasteiger charge is 2.30. The van der Waals surface area contributed by atoms with E-state index in [1.165, 1.54) is 12.1 Å². The Kier molecular flexibility index (Phi) is 5.93. The van der Waals surface area contributed by atoms with Gasteiger partial charge < -0.3 is 15.0 Å². The number of hydrogen-bond donors (Lipinski definition) is 1. The number of ether oxygens (including phenoxy) is 1. The van der Waals surface area contributed by atoms with Crippen molar-refractivity contribution < 1.29 is 13.9 Å². The second-order valence-electron chi connectivity index (χ2n) is 7.71. The van der Waals surface area contributed by atoms with E-state index in [4.69, 9.17) is 11.3 Å². The molecule has 1 aliphatic rings. The molecule has 0 radical (unpaired) electrons. The van der Waals surface area contributed by atoms with Gasteiger partial charge in [-0.1, -0.05) is 12.1 Å². The fourth-order valence-corrected chi connectivity index (χ4v) is 4.01. The number of amides is 1. The van der Waals surface area contributed by atoms with E-state index >= 15 is 0 Å². The average molecular weight is 433 g/mol. The molecule has 1 saturated heterocycles. The predicted molar refractivity (Wildman–Crippen MR) is 120 cm³/mol. The molecule has 7 nitrogen and oxygen atoms in total. The number of carbonyl (C=O) groups is 1. The number of nitrogens with zero attached hydrogens (tertiary/aromatic N) is 4. The van der Waals surface area contributed by atoms with Crippen LogP contribution in [0.5, 0.6) is 5.75 Å². The number of hydrogen-bond acceptors (Lipinski definition) is 4. The summed E-state index contributed by atoms with van der Waals surface area (Å²) in [6.45, 7) is 10.2. The summed E-state index contributed by atoms with van der Waals surface area (Å²) in [4.78, 5) is 23.0. The maximum atomic E-state index is 14.4. The van der Waals surface area contributed by atoms with Crippen LogP contribution in [0.25, 0.3) is 21.9 Å². The third kappa shape index (κ3) is 3.83. The van der Waals surface area contributed by atoms with E-state index in [0.29, 0.717) is 41.6 Å². The van der Waals surface area contributed by atoms with Gasteiger partial charge in [-0.15, -0.1) is 0 Å². The predicted octanol–water partition coefficient (Wildman–Crippen LogP) is 3.98. The number of nitrogens with one attached hydrogen (secondary N) is 1. The van der Waals surface area contributed by atoms with Crippen LogP contribution >= 0.6 is 0 Å².